The molecule has 1 spiro atoms. The van der Waals surface area contributed by atoms with Crippen molar-refractivity contribution in [2.45, 2.75) is 31.0 Å². The van der Waals surface area contributed by atoms with E-state index in [-0.39, 0.29) is 11.2 Å². The molecule has 0 aliphatic carbocycles. The van der Waals surface area contributed by atoms with Crippen LogP contribution in [0.15, 0.2) is 54.6 Å². The van der Waals surface area contributed by atoms with Crippen molar-refractivity contribution in [2.75, 3.05) is 20.1 Å². The Balaban J connectivity index is 1.84. The van der Waals surface area contributed by atoms with E-state index in [9.17, 15) is 0 Å². The molecule has 2 heteroatoms. The average Bonchev–Trinajstić information content (AvgIpc) is 2.82. The molecule has 4 rings (SSSR count). The molecule has 0 bridgehead atoms. The second-order valence-electron chi connectivity index (χ2n) is 6.84. The maximum atomic E-state index is 6.86. The molecule has 2 aromatic carbocycles. The fraction of sp³-hybridized carbons (Fsp3) is 0.400. The lowest BCUT2D eigenvalue weighted by molar-refractivity contribution is -0.138. The Labute approximate surface area is 132 Å². The van der Waals surface area contributed by atoms with Gasteiger partial charge in [0, 0.05) is 13.1 Å². The lowest BCUT2D eigenvalue weighted by Crippen LogP contribution is -2.42. The summed E-state index contributed by atoms with van der Waals surface area (Å²) in [6.45, 7) is 4.42. The Kier molecular flexibility index (Phi) is 3.14. The first-order chi connectivity index (χ1) is 10.6. The van der Waals surface area contributed by atoms with Crippen molar-refractivity contribution >= 4 is 0 Å². The van der Waals surface area contributed by atoms with E-state index in [1.54, 1.807) is 0 Å². The standard InChI is InChI=1S/C20H23NO/c1-19(16-8-4-3-5-9-16)17-10-6-7-11-18(17)20(22-19)12-14-21(2)15-13-20/h3-11H,12-15H2,1-2H3. The van der Waals surface area contributed by atoms with Crippen LogP contribution in [0.1, 0.15) is 36.5 Å². The predicted octanol–water partition coefficient (Wildman–Crippen LogP) is 3.90. The van der Waals surface area contributed by atoms with Crippen LogP contribution in [0.3, 0.4) is 0 Å². The maximum Gasteiger partial charge on any atom is 0.117 e. The van der Waals surface area contributed by atoms with Gasteiger partial charge in [0.2, 0.25) is 0 Å². The molecule has 0 amide bonds. The Morgan fingerprint density at radius 2 is 1.45 bits per heavy atom. The number of fused-ring (bicyclic) bond motifs is 2. The normalized spacial score (nSPS) is 27.0. The van der Waals surface area contributed by atoms with Gasteiger partial charge in [0.25, 0.3) is 0 Å². The van der Waals surface area contributed by atoms with E-state index in [4.69, 9.17) is 4.74 Å². The highest BCUT2D eigenvalue weighted by Crippen LogP contribution is 2.54. The van der Waals surface area contributed by atoms with E-state index < -0.39 is 0 Å². The van der Waals surface area contributed by atoms with Gasteiger partial charge in [-0.3, -0.25) is 0 Å². The first-order valence-electron chi connectivity index (χ1n) is 8.18. The number of likely N-dealkylation sites (tertiary alicyclic amines) is 1. The van der Waals surface area contributed by atoms with Gasteiger partial charge < -0.3 is 9.64 Å². The van der Waals surface area contributed by atoms with Crippen molar-refractivity contribution in [1.82, 2.24) is 4.90 Å². The Morgan fingerprint density at radius 1 is 0.864 bits per heavy atom. The zero-order valence-electron chi connectivity index (χ0n) is 13.4. The molecule has 0 saturated carbocycles. The van der Waals surface area contributed by atoms with Crippen LogP contribution >= 0.6 is 0 Å². The van der Waals surface area contributed by atoms with Crippen LogP contribution < -0.4 is 0 Å². The molecule has 2 aliphatic heterocycles. The summed E-state index contributed by atoms with van der Waals surface area (Å²) < 4.78 is 6.86. The van der Waals surface area contributed by atoms with E-state index in [0.29, 0.717) is 0 Å². The van der Waals surface area contributed by atoms with Crippen LogP contribution in [-0.4, -0.2) is 25.0 Å². The zero-order valence-corrected chi connectivity index (χ0v) is 13.4. The Bertz CT molecular complexity index is 673. The highest BCUT2D eigenvalue weighted by Gasteiger charge is 2.52. The van der Waals surface area contributed by atoms with E-state index in [2.05, 4.69) is 73.5 Å². The maximum absolute atomic E-state index is 6.86. The molecule has 2 aromatic rings. The topological polar surface area (TPSA) is 12.5 Å². The largest absolute Gasteiger partial charge is 0.355 e. The lowest BCUT2D eigenvalue weighted by atomic mass is 9.81. The first-order valence-corrected chi connectivity index (χ1v) is 8.18. The van der Waals surface area contributed by atoms with Crippen molar-refractivity contribution in [2.24, 2.45) is 0 Å². The van der Waals surface area contributed by atoms with E-state index >= 15 is 0 Å². The van der Waals surface area contributed by atoms with Gasteiger partial charge in [0.15, 0.2) is 0 Å². The molecule has 0 aromatic heterocycles. The molecule has 22 heavy (non-hydrogen) atoms. The summed E-state index contributed by atoms with van der Waals surface area (Å²) in [5.41, 5.74) is 3.53. The second kappa shape index (κ2) is 4.94. The van der Waals surface area contributed by atoms with Crippen molar-refractivity contribution in [3.8, 4) is 0 Å². The van der Waals surface area contributed by atoms with Crippen molar-refractivity contribution in [3.63, 3.8) is 0 Å². The lowest BCUT2D eigenvalue weighted by Gasteiger charge is -2.40. The second-order valence-corrected chi connectivity index (χ2v) is 6.84. The van der Waals surface area contributed by atoms with Gasteiger partial charge in [0.1, 0.15) is 5.60 Å². The molecule has 2 nitrogen and oxygen atoms in total. The smallest absolute Gasteiger partial charge is 0.117 e. The first kappa shape index (κ1) is 14.0. The van der Waals surface area contributed by atoms with Crippen molar-refractivity contribution in [1.29, 1.82) is 0 Å². The van der Waals surface area contributed by atoms with Crippen LogP contribution in [0.25, 0.3) is 0 Å². The van der Waals surface area contributed by atoms with Crippen LogP contribution in [0.5, 0.6) is 0 Å². The monoisotopic (exact) mass is 293 g/mol. The van der Waals surface area contributed by atoms with Crippen molar-refractivity contribution < 1.29 is 4.74 Å². The molecule has 1 unspecified atom stereocenters. The van der Waals surface area contributed by atoms with Gasteiger partial charge >= 0.3 is 0 Å². The Morgan fingerprint density at radius 3 is 2.14 bits per heavy atom. The number of hydrogen-bond acceptors (Lipinski definition) is 2. The molecule has 1 fully saturated rings. The van der Waals surface area contributed by atoms with E-state index in [1.807, 2.05) is 0 Å². The summed E-state index contributed by atoms with van der Waals surface area (Å²) in [6, 6.07) is 19.5. The number of nitrogens with zero attached hydrogens (tertiary/aromatic N) is 1. The van der Waals surface area contributed by atoms with E-state index in [1.165, 1.54) is 16.7 Å². The summed E-state index contributed by atoms with van der Waals surface area (Å²) in [7, 11) is 2.20. The number of piperidine rings is 1. The van der Waals surface area contributed by atoms with Crippen LogP contribution in [0.4, 0.5) is 0 Å². The van der Waals surface area contributed by atoms with E-state index in [0.717, 1.165) is 25.9 Å². The van der Waals surface area contributed by atoms with Crippen LogP contribution in [0, 0.1) is 0 Å². The van der Waals surface area contributed by atoms with Crippen molar-refractivity contribution in [3.05, 3.63) is 71.3 Å². The third-order valence-corrected chi connectivity index (χ3v) is 5.45. The quantitative estimate of drug-likeness (QED) is 0.790. The number of rotatable bonds is 1. The SMILES string of the molecule is CN1CCC2(CC1)OC(C)(c1ccccc1)c1ccccc12. The molecule has 1 atom stereocenters. The summed E-state index contributed by atoms with van der Waals surface area (Å²) in [4.78, 5) is 2.40. The molecular weight excluding hydrogens is 270 g/mol. The third kappa shape index (κ3) is 1.94. The van der Waals surface area contributed by atoms with Gasteiger partial charge in [-0.05, 0) is 43.5 Å². The molecule has 2 aliphatic rings. The molecule has 0 N–H and O–H groups in total. The molecular formula is C20H23NO. The van der Waals surface area contributed by atoms with Gasteiger partial charge in [-0.2, -0.15) is 0 Å². The molecule has 2 heterocycles. The van der Waals surface area contributed by atoms with Crippen LogP contribution in [0.2, 0.25) is 0 Å². The van der Waals surface area contributed by atoms with Gasteiger partial charge in [-0.1, -0.05) is 54.6 Å². The van der Waals surface area contributed by atoms with Gasteiger partial charge in [-0.15, -0.1) is 0 Å². The predicted molar refractivity (Wildman–Crippen MR) is 88.8 cm³/mol. The van der Waals surface area contributed by atoms with Gasteiger partial charge in [0.05, 0.1) is 5.60 Å². The molecule has 114 valence electrons. The minimum Gasteiger partial charge on any atom is -0.355 e. The Hall–Kier alpha value is -1.64. The summed E-state index contributed by atoms with van der Waals surface area (Å²) in [6.07, 6.45) is 2.14. The highest BCUT2D eigenvalue weighted by atomic mass is 16.5. The summed E-state index contributed by atoms with van der Waals surface area (Å²) in [5, 5.41) is 0. The highest BCUT2D eigenvalue weighted by molar-refractivity contribution is 5.47. The fourth-order valence-corrected chi connectivity index (χ4v) is 4.12. The summed E-state index contributed by atoms with van der Waals surface area (Å²) >= 11 is 0. The average molecular weight is 293 g/mol. The molecule has 1 saturated heterocycles. The number of benzene rings is 2. The van der Waals surface area contributed by atoms with Crippen LogP contribution in [-0.2, 0) is 15.9 Å². The zero-order chi connectivity index (χ0) is 15.2. The molecule has 0 radical (unpaired) electrons. The summed E-state index contributed by atoms with van der Waals surface area (Å²) in [5.74, 6) is 0. The fourth-order valence-electron chi connectivity index (χ4n) is 4.12. The third-order valence-electron chi connectivity index (χ3n) is 5.45. The number of hydrogen-bond donors (Lipinski definition) is 0. The van der Waals surface area contributed by atoms with Gasteiger partial charge in [-0.25, -0.2) is 0 Å². The minimum absolute atomic E-state index is 0.117. The number of ether oxygens (including phenoxy) is 1. The minimum atomic E-state index is -0.340.